The monoisotopic (exact) mass is 246 g/mol. The molecule has 96 valence electrons. The quantitative estimate of drug-likeness (QED) is 0.871. The lowest BCUT2D eigenvalue weighted by atomic mass is 9.92. The largest absolute Gasteiger partial charge is 0.497 e. The SMILES string of the molecule is COc1ccc2c(c1)C(O)(C1=CCCCO1)CC2. The molecule has 1 heterocycles. The molecule has 2 aliphatic rings. The van der Waals surface area contributed by atoms with Crippen LogP contribution in [0.4, 0.5) is 0 Å². The molecule has 0 saturated heterocycles. The van der Waals surface area contributed by atoms with E-state index in [1.54, 1.807) is 7.11 Å². The van der Waals surface area contributed by atoms with Crippen molar-refractivity contribution in [3.05, 3.63) is 41.2 Å². The Morgan fingerprint density at radius 1 is 1.39 bits per heavy atom. The second-order valence-corrected chi connectivity index (χ2v) is 4.94. The average Bonchev–Trinajstić information content (AvgIpc) is 2.78. The highest BCUT2D eigenvalue weighted by Gasteiger charge is 2.42. The summed E-state index contributed by atoms with van der Waals surface area (Å²) < 4.78 is 10.9. The van der Waals surface area contributed by atoms with Crippen LogP contribution < -0.4 is 4.74 Å². The maximum absolute atomic E-state index is 10.9. The van der Waals surface area contributed by atoms with Gasteiger partial charge in [-0.25, -0.2) is 0 Å². The zero-order valence-electron chi connectivity index (χ0n) is 10.6. The topological polar surface area (TPSA) is 38.7 Å². The van der Waals surface area contributed by atoms with Gasteiger partial charge in [-0.2, -0.15) is 0 Å². The molecule has 1 unspecified atom stereocenters. The number of aryl methyl sites for hydroxylation is 1. The summed E-state index contributed by atoms with van der Waals surface area (Å²) in [6.07, 6.45) is 5.62. The van der Waals surface area contributed by atoms with Crippen LogP contribution in [0.3, 0.4) is 0 Å². The number of benzene rings is 1. The van der Waals surface area contributed by atoms with Gasteiger partial charge in [0.1, 0.15) is 17.1 Å². The molecule has 3 rings (SSSR count). The third kappa shape index (κ3) is 1.70. The molecule has 1 aliphatic carbocycles. The van der Waals surface area contributed by atoms with E-state index in [-0.39, 0.29) is 0 Å². The summed E-state index contributed by atoms with van der Waals surface area (Å²) in [5, 5.41) is 10.9. The molecule has 0 saturated carbocycles. The first-order valence-corrected chi connectivity index (χ1v) is 6.47. The van der Waals surface area contributed by atoms with E-state index in [4.69, 9.17) is 9.47 Å². The van der Waals surface area contributed by atoms with Crippen molar-refractivity contribution in [3.8, 4) is 5.75 Å². The Morgan fingerprint density at radius 3 is 3.00 bits per heavy atom. The van der Waals surface area contributed by atoms with Gasteiger partial charge in [-0.15, -0.1) is 0 Å². The molecule has 3 nitrogen and oxygen atoms in total. The molecule has 0 fully saturated rings. The fraction of sp³-hybridized carbons (Fsp3) is 0.467. The number of methoxy groups -OCH3 is 1. The standard InChI is InChI=1S/C15H18O3/c1-17-12-6-5-11-7-8-15(16,13(11)10-12)14-4-2-3-9-18-14/h4-6,10,16H,2-3,7-9H2,1H3. The molecule has 0 spiro atoms. The first-order chi connectivity index (χ1) is 8.74. The number of allylic oxidation sites excluding steroid dienone is 1. The van der Waals surface area contributed by atoms with Crippen molar-refractivity contribution >= 4 is 0 Å². The lowest BCUT2D eigenvalue weighted by Crippen LogP contribution is -2.28. The van der Waals surface area contributed by atoms with Gasteiger partial charge in [0, 0.05) is 0 Å². The van der Waals surface area contributed by atoms with Crippen LogP contribution in [0.25, 0.3) is 0 Å². The maximum Gasteiger partial charge on any atom is 0.147 e. The predicted octanol–water partition coefficient (Wildman–Crippen LogP) is 2.52. The highest BCUT2D eigenvalue weighted by Crippen LogP contribution is 2.44. The summed E-state index contributed by atoms with van der Waals surface area (Å²) in [6.45, 7) is 0.702. The predicted molar refractivity (Wildman–Crippen MR) is 68.5 cm³/mol. The molecule has 0 amide bonds. The van der Waals surface area contributed by atoms with E-state index < -0.39 is 5.60 Å². The Balaban J connectivity index is 2.04. The van der Waals surface area contributed by atoms with E-state index in [1.165, 1.54) is 5.56 Å². The van der Waals surface area contributed by atoms with Gasteiger partial charge in [0.25, 0.3) is 0 Å². The van der Waals surface area contributed by atoms with Gasteiger partial charge in [-0.05, 0) is 55.0 Å². The highest BCUT2D eigenvalue weighted by molar-refractivity contribution is 5.46. The van der Waals surface area contributed by atoms with Crippen LogP contribution in [-0.2, 0) is 16.8 Å². The lowest BCUT2D eigenvalue weighted by Gasteiger charge is -2.29. The van der Waals surface area contributed by atoms with Gasteiger partial charge in [-0.1, -0.05) is 6.07 Å². The average molecular weight is 246 g/mol. The normalized spacial score (nSPS) is 26.2. The number of fused-ring (bicyclic) bond motifs is 1. The molecule has 1 N–H and O–H groups in total. The molecule has 0 radical (unpaired) electrons. The molecule has 1 aromatic carbocycles. The third-order valence-corrected chi connectivity index (χ3v) is 3.86. The summed E-state index contributed by atoms with van der Waals surface area (Å²) in [5.74, 6) is 1.51. The van der Waals surface area contributed by atoms with E-state index in [0.29, 0.717) is 13.0 Å². The number of aliphatic hydroxyl groups is 1. The number of hydrogen-bond donors (Lipinski definition) is 1. The molecule has 1 aliphatic heterocycles. The molecule has 1 atom stereocenters. The minimum Gasteiger partial charge on any atom is -0.497 e. The lowest BCUT2D eigenvalue weighted by molar-refractivity contribution is 0.00180. The first-order valence-electron chi connectivity index (χ1n) is 6.47. The fourth-order valence-corrected chi connectivity index (χ4v) is 2.84. The van der Waals surface area contributed by atoms with E-state index in [2.05, 4.69) is 0 Å². The van der Waals surface area contributed by atoms with Gasteiger partial charge >= 0.3 is 0 Å². The summed E-state index contributed by atoms with van der Waals surface area (Å²) in [5.41, 5.74) is 1.17. The van der Waals surface area contributed by atoms with Gasteiger partial charge in [0.2, 0.25) is 0 Å². The Morgan fingerprint density at radius 2 is 2.28 bits per heavy atom. The fourth-order valence-electron chi connectivity index (χ4n) is 2.84. The zero-order chi connectivity index (χ0) is 12.6. The van der Waals surface area contributed by atoms with Crippen molar-refractivity contribution in [1.29, 1.82) is 0 Å². The van der Waals surface area contributed by atoms with Crippen molar-refractivity contribution < 1.29 is 14.6 Å². The minimum atomic E-state index is -0.954. The van der Waals surface area contributed by atoms with Crippen molar-refractivity contribution in [2.75, 3.05) is 13.7 Å². The van der Waals surface area contributed by atoms with Crippen molar-refractivity contribution in [2.45, 2.75) is 31.3 Å². The van der Waals surface area contributed by atoms with E-state index >= 15 is 0 Å². The van der Waals surface area contributed by atoms with Gasteiger partial charge < -0.3 is 14.6 Å². The number of ether oxygens (including phenoxy) is 2. The molecule has 0 aromatic heterocycles. The molecular weight excluding hydrogens is 228 g/mol. The van der Waals surface area contributed by atoms with Gasteiger partial charge in [0.05, 0.1) is 13.7 Å². The van der Waals surface area contributed by atoms with Crippen LogP contribution in [0.5, 0.6) is 5.75 Å². The second kappa shape index (κ2) is 4.32. The van der Waals surface area contributed by atoms with Crippen LogP contribution in [0, 0.1) is 0 Å². The molecule has 1 aromatic rings. The third-order valence-electron chi connectivity index (χ3n) is 3.86. The van der Waals surface area contributed by atoms with Crippen LogP contribution >= 0.6 is 0 Å². The Bertz CT molecular complexity index is 493. The number of rotatable bonds is 2. The Kier molecular flexibility index (Phi) is 2.78. The van der Waals surface area contributed by atoms with Crippen molar-refractivity contribution in [1.82, 2.24) is 0 Å². The molecule has 3 heteroatoms. The summed E-state index contributed by atoms with van der Waals surface area (Å²) in [7, 11) is 1.64. The van der Waals surface area contributed by atoms with Crippen LogP contribution in [0.15, 0.2) is 30.0 Å². The molecular formula is C15H18O3. The Labute approximate surface area is 107 Å². The second-order valence-electron chi connectivity index (χ2n) is 4.94. The highest BCUT2D eigenvalue weighted by atomic mass is 16.5. The van der Waals surface area contributed by atoms with Crippen LogP contribution in [0.1, 0.15) is 30.4 Å². The van der Waals surface area contributed by atoms with Crippen LogP contribution in [-0.4, -0.2) is 18.8 Å². The van der Waals surface area contributed by atoms with Crippen LogP contribution in [0.2, 0.25) is 0 Å². The van der Waals surface area contributed by atoms with Crippen molar-refractivity contribution in [3.63, 3.8) is 0 Å². The zero-order valence-corrected chi connectivity index (χ0v) is 10.6. The number of hydrogen-bond acceptors (Lipinski definition) is 3. The maximum atomic E-state index is 10.9. The van der Waals surface area contributed by atoms with Gasteiger partial charge in [0.15, 0.2) is 0 Å². The summed E-state index contributed by atoms with van der Waals surface area (Å²) in [4.78, 5) is 0. The van der Waals surface area contributed by atoms with E-state index in [9.17, 15) is 5.11 Å². The van der Waals surface area contributed by atoms with E-state index in [0.717, 1.165) is 36.3 Å². The Hall–Kier alpha value is -1.48. The smallest absolute Gasteiger partial charge is 0.147 e. The molecule has 18 heavy (non-hydrogen) atoms. The first kappa shape index (κ1) is 11.6. The summed E-state index contributed by atoms with van der Waals surface area (Å²) in [6, 6.07) is 5.91. The van der Waals surface area contributed by atoms with Gasteiger partial charge in [-0.3, -0.25) is 0 Å². The van der Waals surface area contributed by atoms with Crippen molar-refractivity contribution in [2.24, 2.45) is 0 Å². The minimum absolute atomic E-state index is 0.696. The molecule has 0 bridgehead atoms. The van der Waals surface area contributed by atoms with E-state index in [1.807, 2.05) is 24.3 Å². The summed E-state index contributed by atoms with van der Waals surface area (Å²) >= 11 is 0.